The summed E-state index contributed by atoms with van der Waals surface area (Å²) in [6, 6.07) is 2.31. The van der Waals surface area contributed by atoms with E-state index in [1.807, 2.05) is 4.90 Å². The molecule has 1 aromatic carbocycles. The van der Waals surface area contributed by atoms with Crippen molar-refractivity contribution in [3.05, 3.63) is 34.4 Å². The maximum atomic E-state index is 13.9. The number of carbonyl (C=O) groups is 2. The van der Waals surface area contributed by atoms with Gasteiger partial charge >= 0.3 is 0 Å². The second-order valence-electron chi connectivity index (χ2n) is 8.30. The van der Waals surface area contributed by atoms with Crippen LogP contribution in [0.4, 0.5) is 17.6 Å². The molecule has 5 nitrogen and oxygen atoms in total. The van der Waals surface area contributed by atoms with Gasteiger partial charge in [-0.25, -0.2) is 17.6 Å². The van der Waals surface area contributed by atoms with Gasteiger partial charge in [0.25, 0.3) is 0 Å². The summed E-state index contributed by atoms with van der Waals surface area (Å²) in [5, 5.41) is 2.71. The lowest BCUT2D eigenvalue weighted by atomic mass is 9.84. The quantitative estimate of drug-likeness (QED) is 0.518. The van der Waals surface area contributed by atoms with Crippen LogP contribution in [0, 0.1) is 17.6 Å². The molecule has 1 N–H and O–H groups in total. The van der Waals surface area contributed by atoms with E-state index in [0.717, 1.165) is 6.07 Å². The maximum Gasteiger partial charge on any atom is 0.248 e. The normalized spacial score (nSPS) is 20.0. The Balaban J connectivity index is 1.38. The number of amides is 2. The molecule has 1 aliphatic carbocycles. The van der Waals surface area contributed by atoms with Crippen LogP contribution in [0.5, 0.6) is 0 Å². The lowest BCUT2D eigenvalue weighted by Gasteiger charge is -2.35. The number of benzene rings is 1. The van der Waals surface area contributed by atoms with E-state index in [0.29, 0.717) is 39.0 Å². The highest BCUT2D eigenvalue weighted by molar-refractivity contribution is 6.30. The number of hydrogen-bond acceptors (Lipinski definition) is 3. The molecule has 0 bridgehead atoms. The summed E-state index contributed by atoms with van der Waals surface area (Å²) in [5.41, 5.74) is 0.164. The minimum absolute atomic E-state index is 0.0741. The van der Waals surface area contributed by atoms with Crippen LogP contribution in [0.3, 0.4) is 0 Å². The van der Waals surface area contributed by atoms with Gasteiger partial charge in [0.2, 0.25) is 17.7 Å². The Morgan fingerprint density at radius 2 is 1.74 bits per heavy atom. The second-order valence-corrected chi connectivity index (χ2v) is 8.73. The summed E-state index contributed by atoms with van der Waals surface area (Å²) in [6.07, 6.45) is 0.388. The Kier molecular flexibility index (Phi) is 7.80. The minimum atomic E-state index is -2.63. The van der Waals surface area contributed by atoms with Gasteiger partial charge in [-0.3, -0.25) is 14.5 Å². The average molecular weight is 464 g/mol. The van der Waals surface area contributed by atoms with Crippen LogP contribution < -0.4 is 5.32 Å². The van der Waals surface area contributed by atoms with Gasteiger partial charge in [0, 0.05) is 62.6 Å². The summed E-state index contributed by atoms with van der Waals surface area (Å²) in [4.78, 5) is 27.9. The molecule has 1 aromatic rings. The Morgan fingerprint density at radius 3 is 2.39 bits per heavy atom. The molecule has 31 heavy (non-hydrogen) atoms. The largest absolute Gasteiger partial charge is 0.347 e. The van der Waals surface area contributed by atoms with Crippen molar-refractivity contribution in [3.8, 4) is 0 Å². The van der Waals surface area contributed by atoms with Crippen LogP contribution >= 0.6 is 11.6 Å². The van der Waals surface area contributed by atoms with E-state index < -0.39 is 17.6 Å². The van der Waals surface area contributed by atoms with Gasteiger partial charge in [0.05, 0.1) is 6.54 Å². The minimum Gasteiger partial charge on any atom is -0.347 e. The summed E-state index contributed by atoms with van der Waals surface area (Å²) in [6.45, 7) is 1.79. The number of rotatable bonds is 6. The van der Waals surface area contributed by atoms with Crippen LogP contribution in [0.1, 0.15) is 37.7 Å². The number of nitrogens with one attached hydrogen (secondary N) is 1. The molecule has 0 spiro atoms. The average Bonchev–Trinajstić information content (AvgIpc) is 2.72. The first-order valence-corrected chi connectivity index (χ1v) is 10.8. The van der Waals surface area contributed by atoms with E-state index in [2.05, 4.69) is 5.32 Å². The molecule has 0 unspecified atom stereocenters. The Morgan fingerprint density at radius 1 is 1.10 bits per heavy atom. The van der Waals surface area contributed by atoms with E-state index in [1.165, 1.54) is 6.07 Å². The fourth-order valence-electron chi connectivity index (χ4n) is 4.05. The van der Waals surface area contributed by atoms with Crippen molar-refractivity contribution < 1.29 is 27.2 Å². The lowest BCUT2D eigenvalue weighted by molar-refractivity contribution is -0.134. The highest BCUT2D eigenvalue weighted by Crippen LogP contribution is 2.37. The fourth-order valence-corrected chi connectivity index (χ4v) is 4.27. The van der Waals surface area contributed by atoms with Crippen LogP contribution in [-0.4, -0.2) is 60.3 Å². The number of hydrogen-bond donors (Lipinski definition) is 1. The van der Waals surface area contributed by atoms with Crippen molar-refractivity contribution in [2.75, 3.05) is 32.7 Å². The third kappa shape index (κ3) is 6.80. The van der Waals surface area contributed by atoms with Gasteiger partial charge in [0.15, 0.2) is 11.6 Å². The van der Waals surface area contributed by atoms with Gasteiger partial charge in [0.1, 0.15) is 0 Å². The number of piperazine rings is 1. The molecular weight excluding hydrogens is 438 g/mol. The van der Waals surface area contributed by atoms with Crippen molar-refractivity contribution in [2.45, 2.75) is 44.6 Å². The van der Waals surface area contributed by atoms with E-state index >= 15 is 0 Å². The van der Waals surface area contributed by atoms with Gasteiger partial charge in [-0.15, -0.1) is 0 Å². The molecule has 1 saturated carbocycles. The molecule has 0 radical (unpaired) electrons. The SMILES string of the molecule is O=C(CC1CCC(F)(F)CC1)NCC(=O)N1CCN(Cc2cc(Cl)cc(F)c2F)CC1. The number of carbonyl (C=O) groups excluding carboxylic acids is 2. The maximum absolute atomic E-state index is 13.9. The molecule has 0 atom stereocenters. The van der Waals surface area contributed by atoms with Crippen molar-refractivity contribution in [2.24, 2.45) is 5.92 Å². The molecule has 2 amide bonds. The highest BCUT2D eigenvalue weighted by atomic mass is 35.5. The van der Waals surface area contributed by atoms with Crippen LogP contribution in [0.25, 0.3) is 0 Å². The van der Waals surface area contributed by atoms with Crippen LogP contribution in [0.2, 0.25) is 5.02 Å². The highest BCUT2D eigenvalue weighted by Gasteiger charge is 2.35. The molecule has 2 aliphatic rings. The molecular formula is C21H26ClF4N3O2. The standard InChI is InChI=1S/C21H26ClF4N3O2/c22-16-10-15(20(24)17(23)11-16)13-28-5-7-29(8-6-28)19(31)12-27-18(30)9-14-1-3-21(25,26)4-2-14/h10-11,14H,1-9,12-13H2,(H,27,30). The van der Waals surface area contributed by atoms with Crippen LogP contribution in [0.15, 0.2) is 12.1 Å². The van der Waals surface area contributed by atoms with E-state index in [4.69, 9.17) is 11.6 Å². The van der Waals surface area contributed by atoms with Crippen LogP contribution in [-0.2, 0) is 16.1 Å². The predicted octanol–water partition coefficient (Wildman–Crippen LogP) is 3.59. The second kappa shape index (κ2) is 10.2. The molecule has 1 aliphatic heterocycles. The molecule has 172 valence electrons. The number of nitrogens with zero attached hydrogens (tertiary/aromatic N) is 2. The van der Waals surface area contributed by atoms with Crippen molar-refractivity contribution in [1.29, 1.82) is 0 Å². The molecule has 1 heterocycles. The van der Waals surface area contributed by atoms with Gasteiger partial charge < -0.3 is 10.2 Å². The summed E-state index contributed by atoms with van der Waals surface area (Å²) >= 11 is 5.79. The van der Waals surface area contributed by atoms with E-state index in [-0.39, 0.29) is 60.7 Å². The van der Waals surface area contributed by atoms with Gasteiger partial charge in [-0.2, -0.15) is 0 Å². The summed E-state index contributed by atoms with van der Waals surface area (Å²) in [7, 11) is 0. The van der Waals surface area contributed by atoms with Crippen molar-refractivity contribution in [3.63, 3.8) is 0 Å². The molecule has 3 rings (SSSR count). The Labute approximate surface area is 183 Å². The molecule has 1 saturated heterocycles. The van der Waals surface area contributed by atoms with E-state index in [9.17, 15) is 27.2 Å². The topological polar surface area (TPSA) is 52.7 Å². The zero-order chi connectivity index (χ0) is 22.6. The number of alkyl halides is 2. The first-order valence-electron chi connectivity index (χ1n) is 10.4. The zero-order valence-electron chi connectivity index (χ0n) is 17.1. The number of halogens is 5. The van der Waals surface area contributed by atoms with Crippen molar-refractivity contribution in [1.82, 2.24) is 15.1 Å². The van der Waals surface area contributed by atoms with Crippen molar-refractivity contribution >= 4 is 23.4 Å². The zero-order valence-corrected chi connectivity index (χ0v) is 17.9. The predicted molar refractivity (Wildman–Crippen MR) is 108 cm³/mol. The first kappa shape index (κ1) is 23.8. The Hall–Kier alpha value is -1.87. The smallest absolute Gasteiger partial charge is 0.248 e. The third-order valence-electron chi connectivity index (χ3n) is 5.93. The Bertz CT molecular complexity index is 806. The van der Waals surface area contributed by atoms with E-state index in [1.54, 1.807) is 4.90 Å². The summed E-state index contributed by atoms with van der Waals surface area (Å²) in [5.74, 6) is -5.15. The monoisotopic (exact) mass is 463 g/mol. The van der Waals surface area contributed by atoms with Gasteiger partial charge in [-0.1, -0.05) is 11.6 Å². The molecule has 2 fully saturated rings. The molecule has 10 heteroatoms. The third-order valence-corrected chi connectivity index (χ3v) is 6.15. The fraction of sp³-hybridized carbons (Fsp3) is 0.619. The molecule has 0 aromatic heterocycles. The first-order chi connectivity index (χ1) is 14.6. The summed E-state index contributed by atoms with van der Waals surface area (Å²) < 4.78 is 53.8. The lowest BCUT2D eigenvalue weighted by Crippen LogP contribution is -2.51. The van der Waals surface area contributed by atoms with Gasteiger partial charge in [-0.05, 0) is 30.9 Å².